The van der Waals surface area contributed by atoms with Crippen molar-refractivity contribution in [3.63, 3.8) is 0 Å². The predicted octanol–water partition coefficient (Wildman–Crippen LogP) is 3.67. The SMILES string of the molecule is CCn1c(C)cc(C(=O)COC(=O)CCc2cnn(-c3ccccc3)c2)c1C. The van der Waals surface area contributed by atoms with E-state index in [1.54, 1.807) is 10.9 Å². The molecule has 0 radical (unpaired) electrons. The summed E-state index contributed by atoms with van der Waals surface area (Å²) in [6, 6.07) is 11.6. The maximum atomic E-state index is 12.4. The molecule has 0 saturated carbocycles. The van der Waals surface area contributed by atoms with E-state index in [2.05, 4.69) is 9.67 Å². The number of carbonyl (C=O) groups is 2. The van der Waals surface area contributed by atoms with Gasteiger partial charge in [0.15, 0.2) is 6.61 Å². The van der Waals surface area contributed by atoms with Gasteiger partial charge in [-0.25, -0.2) is 4.68 Å². The Morgan fingerprint density at radius 2 is 1.89 bits per heavy atom. The number of hydrogen-bond acceptors (Lipinski definition) is 4. The Hall–Kier alpha value is -3.15. The monoisotopic (exact) mass is 379 g/mol. The average Bonchev–Trinajstić information content (AvgIpc) is 3.29. The van der Waals surface area contributed by atoms with Crippen molar-refractivity contribution < 1.29 is 14.3 Å². The molecule has 28 heavy (non-hydrogen) atoms. The van der Waals surface area contributed by atoms with Gasteiger partial charge in [-0.15, -0.1) is 0 Å². The van der Waals surface area contributed by atoms with Gasteiger partial charge in [-0.1, -0.05) is 18.2 Å². The number of aryl methyl sites for hydroxylation is 2. The minimum absolute atomic E-state index is 0.168. The molecule has 2 heterocycles. The number of aromatic nitrogens is 3. The van der Waals surface area contributed by atoms with Gasteiger partial charge >= 0.3 is 5.97 Å². The molecule has 0 aliphatic carbocycles. The van der Waals surface area contributed by atoms with Crippen LogP contribution in [-0.2, 0) is 22.5 Å². The molecular formula is C22H25N3O3. The van der Waals surface area contributed by atoms with Gasteiger partial charge in [0.2, 0.25) is 5.78 Å². The van der Waals surface area contributed by atoms with Crippen molar-refractivity contribution in [2.75, 3.05) is 6.61 Å². The molecule has 0 fully saturated rings. The number of para-hydroxylation sites is 1. The quantitative estimate of drug-likeness (QED) is 0.442. The molecule has 0 amide bonds. The molecule has 0 bridgehead atoms. The van der Waals surface area contributed by atoms with Crippen LogP contribution < -0.4 is 0 Å². The van der Waals surface area contributed by atoms with Crippen molar-refractivity contribution in [3.05, 3.63) is 71.3 Å². The van der Waals surface area contributed by atoms with Crippen LogP contribution in [-0.4, -0.2) is 32.7 Å². The normalized spacial score (nSPS) is 10.8. The highest BCUT2D eigenvalue weighted by molar-refractivity contribution is 5.99. The summed E-state index contributed by atoms with van der Waals surface area (Å²) in [5.41, 5.74) is 4.47. The van der Waals surface area contributed by atoms with Gasteiger partial charge in [0.25, 0.3) is 0 Å². The zero-order chi connectivity index (χ0) is 20.1. The molecule has 146 valence electrons. The van der Waals surface area contributed by atoms with Crippen LogP contribution in [0.1, 0.15) is 40.7 Å². The van der Waals surface area contributed by atoms with Crippen LogP contribution in [0.4, 0.5) is 0 Å². The van der Waals surface area contributed by atoms with Gasteiger partial charge in [0.1, 0.15) is 0 Å². The molecule has 0 aliphatic heterocycles. The largest absolute Gasteiger partial charge is 0.457 e. The zero-order valence-corrected chi connectivity index (χ0v) is 16.5. The van der Waals surface area contributed by atoms with Crippen LogP contribution in [0.3, 0.4) is 0 Å². The third-order valence-corrected chi connectivity index (χ3v) is 4.83. The number of hydrogen-bond donors (Lipinski definition) is 0. The maximum absolute atomic E-state index is 12.4. The van der Waals surface area contributed by atoms with E-state index in [-0.39, 0.29) is 24.8 Å². The predicted molar refractivity (Wildman–Crippen MR) is 107 cm³/mol. The smallest absolute Gasteiger partial charge is 0.306 e. The lowest BCUT2D eigenvalue weighted by Crippen LogP contribution is -2.15. The number of carbonyl (C=O) groups excluding carboxylic acids is 2. The summed E-state index contributed by atoms with van der Waals surface area (Å²) >= 11 is 0. The van der Waals surface area contributed by atoms with E-state index >= 15 is 0 Å². The Labute approximate surface area is 164 Å². The van der Waals surface area contributed by atoms with Gasteiger partial charge < -0.3 is 9.30 Å². The topological polar surface area (TPSA) is 66.1 Å². The fourth-order valence-electron chi connectivity index (χ4n) is 3.32. The fourth-order valence-corrected chi connectivity index (χ4v) is 3.32. The highest BCUT2D eigenvalue weighted by atomic mass is 16.5. The Bertz CT molecular complexity index is 970. The maximum Gasteiger partial charge on any atom is 0.306 e. The summed E-state index contributed by atoms with van der Waals surface area (Å²) in [6.45, 7) is 6.50. The number of ether oxygens (including phenoxy) is 1. The summed E-state index contributed by atoms with van der Waals surface area (Å²) in [5.74, 6) is -0.553. The van der Waals surface area contributed by atoms with E-state index in [1.807, 2.05) is 63.4 Å². The highest BCUT2D eigenvalue weighted by Crippen LogP contribution is 2.16. The van der Waals surface area contributed by atoms with E-state index in [9.17, 15) is 9.59 Å². The first-order valence-corrected chi connectivity index (χ1v) is 9.44. The van der Waals surface area contributed by atoms with Crippen molar-refractivity contribution in [3.8, 4) is 5.69 Å². The average molecular weight is 379 g/mol. The van der Waals surface area contributed by atoms with Gasteiger partial charge in [-0.05, 0) is 51.0 Å². The molecule has 3 aromatic rings. The second-order valence-corrected chi connectivity index (χ2v) is 6.74. The molecule has 0 spiro atoms. The van der Waals surface area contributed by atoms with Crippen LogP contribution >= 0.6 is 0 Å². The summed E-state index contributed by atoms with van der Waals surface area (Å²) < 4.78 is 9.02. The van der Waals surface area contributed by atoms with E-state index in [0.717, 1.165) is 29.2 Å². The van der Waals surface area contributed by atoms with Crippen LogP contribution in [0.25, 0.3) is 5.69 Å². The molecule has 0 saturated heterocycles. The number of nitrogens with zero attached hydrogens (tertiary/aromatic N) is 3. The summed E-state index contributed by atoms with van der Waals surface area (Å²) in [4.78, 5) is 24.4. The lowest BCUT2D eigenvalue weighted by molar-refractivity contribution is -0.142. The first kappa shape index (κ1) is 19.6. The Kier molecular flexibility index (Phi) is 6.09. The van der Waals surface area contributed by atoms with E-state index in [1.165, 1.54) is 0 Å². The first-order valence-electron chi connectivity index (χ1n) is 9.44. The molecular weight excluding hydrogens is 354 g/mol. The van der Waals surface area contributed by atoms with E-state index in [4.69, 9.17) is 4.74 Å². The summed E-state index contributed by atoms with van der Waals surface area (Å²) in [6.07, 6.45) is 4.37. The summed E-state index contributed by atoms with van der Waals surface area (Å²) in [7, 11) is 0. The zero-order valence-electron chi connectivity index (χ0n) is 16.5. The van der Waals surface area contributed by atoms with E-state index in [0.29, 0.717) is 12.0 Å². The van der Waals surface area contributed by atoms with Crippen LogP contribution in [0, 0.1) is 13.8 Å². The van der Waals surface area contributed by atoms with Gasteiger partial charge in [-0.2, -0.15) is 5.10 Å². The number of benzene rings is 1. The van der Waals surface area contributed by atoms with Crippen LogP contribution in [0.5, 0.6) is 0 Å². The van der Waals surface area contributed by atoms with Crippen molar-refractivity contribution in [1.82, 2.24) is 14.3 Å². The van der Waals surface area contributed by atoms with Crippen LogP contribution in [0.2, 0.25) is 0 Å². The van der Waals surface area contributed by atoms with Gasteiger partial charge in [0.05, 0.1) is 11.9 Å². The number of Topliss-reactive ketones (excluding diaryl/α,β-unsaturated/α-hetero) is 1. The second-order valence-electron chi connectivity index (χ2n) is 6.74. The van der Waals surface area contributed by atoms with Crippen molar-refractivity contribution >= 4 is 11.8 Å². The molecule has 0 aliphatic rings. The highest BCUT2D eigenvalue weighted by Gasteiger charge is 2.17. The van der Waals surface area contributed by atoms with Crippen molar-refractivity contribution in [1.29, 1.82) is 0 Å². The molecule has 6 heteroatoms. The molecule has 0 N–H and O–H groups in total. The second kappa shape index (κ2) is 8.69. The molecule has 0 atom stereocenters. The number of ketones is 1. The number of esters is 1. The molecule has 1 aromatic carbocycles. The van der Waals surface area contributed by atoms with Crippen molar-refractivity contribution in [2.24, 2.45) is 0 Å². The third-order valence-electron chi connectivity index (χ3n) is 4.83. The minimum atomic E-state index is -0.384. The standard InChI is InChI=1S/C22H25N3O3/c1-4-24-16(2)12-20(17(24)3)21(26)15-28-22(27)11-10-18-13-23-25(14-18)19-8-6-5-7-9-19/h5-9,12-14H,4,10-11,15H2,1-3H3. The van der Waals surface area contributed by atoms with Crippen LogP contribution in [0.15, 0.2) is 48.8 Å². The number of rotatable bonds is 8. The Morgan fingerprint density at radius 1 is 1.14 bits per heavy atom. The van der Waals surface area contributed by atoms with Gasteiger partial charge in [0, 0.05) is 36.1 Å². The van der Waals surface area contributed by atoms with Crippen molar-refractivity contribution in [2.45, 2.75) is 40.2 Å². The molecule has 3 rings (SSSR count). The molecule has 6 nitrogen and oxygen atoms in total. The minimum Gasteiger partial charge on any atom is -0.457 e. The first-order chi connectivity index (χ1) is 13.5. The van der Waals surface area contributed by atoms with E-state index < -0.39 is 0 Å². The third kappa shape index (κ3) is 4.39. The Balaban J connectivity index is 1.50. The molecule has 2 aromatic heterocycles. The Morgan fingerprint density at radius 3 is 2.57 bits per heavy atom. The lowest BCUT2D eigenvalue weighted by atomic mass is 10.1. The molecule has 0 unspecified atom stereocenters. The lowest BCUT2D eigenvalue weighted by Gasteiger charge is -2.06. The van der Waals surface area contributed by atoms with Gasteiger partial charge in [-0.3, -0.25) is 9.59 Å². The summed E-state index contributed by atoms with van der Waals surface area (Å²) in [5, 5.41) is 4.31. The fraction of sp³-hybridized carbons (Fsp3) is 0.318.